The number of nitrogens with zero attached hydrogens (tertiary/aromatic N) is 2. The minimum atomic E-state index is -4.21. The molecule has 1 fully saturated rings. The molecule has 1 atom stereocenters. The van der Waals surface area contributed by atoms with Crippen molar-refractivity contribution in [2.75, 3.05) is 19.6 Å². The third-order valence-corrected chi connectivity index (χ3v) is 3.74. The van der Waals surface area contributed by atoms with Crippen LogP contribution in [0.1, 0.15) is 16.8 Å². The van der Waals surface area contributed by atoms with Gasteiger partial charge in [0.15, 0.2) is 0 Å². The SMILES string of the molecule is O=C(N[C@H]1CCN(CC(F)(F)F)C1)c1cccc2[nH]ncc12. The van der Waals surface area contributed by atoms with Gasteiger partial charge >= 0.3 is 6.18 Å². The molecule has 1 amide bonds. The Labute approximate surface area is 124 Å². The Balaban J connectivity index is 1.64. The van der Waals surface area contributed by atoms with Gasteiger partial charge in [0.1, 0.15) is 0 Å². The van der Waals surface area contributed by atoms with Gasteiger partial charge in [0.2, 0.25) is 0 Å². The second kappa shape index (κ2) is 5.60. The van der Waals surface area contributed by atoms with Crippen molar-refractivity contribution in [3.05, 3.63) is 30.0 Å². The van der Waals surface area contributed by atoms with Crippen molar-refractivity contribution in [3.8, 4) is 0 Å². The second-order valence-corrected chi connectivity index (χ2v) is 5.45. The molecule has 5 nitrogen and oxygen atoms in total. The molecule has 0 unspecified atom stereocenters. The molecule has 1 saturated heterocycles. The molecule has 0 radical (unpaired) electrons. The molecule has 2 heterocycles. The van der Waals surface area contributed by atoms with Crippen LogP contribution in [-0.4, -0.2) is 52.9 Å². The lowest BCUT2D eigenvalue weighted by molar-refractivity contribution is -0.143. The van der Waals surface area contributed by atoms with Crippen molar-refractivity contribution >= 4 is 16.8 Å². The average Bonchev–Trinajstić information content (AvgIpc) is 3.05. The molecule has 22 heavy (non-hydrogen) atoms. The third kappa shape index (κ3) is 3.22. The highest BCUT2D eigenvalue weighted by Gasteiger charge is 2.34. The van der Waals surface area contributed by atoms with Gasteiger partial charge in [0.05, 0.1) is 23.8 Å². The predicted octanol–water partition coefficient (Wildman–Crippen LogP) is 1.93. The Morgan fingerprint density at radius 3 is 3.05 bits per heavy atom. The highest BCUT2D eigenvalue weighted by atomic mass is 19.4. The number of nitrogens with one attached hydrogen (secondary N) is 2. The highest BCUT2D eigenvalue weighted by Crippen LogP contribution is 2.21. The number of halogens is 3. The van der Waals surface area contributed by atoms with E-state index in [1.54, 1.807) is 24.4 Å². The zero-order chi connectivity index (χ0) is 15.7. The van der Waals surface area contributed by atoms with Crippen molar-refractivity contribution in [1.82, 2.24) is 20.4 Å². The van der Waals surface area contributed by atoms with Crippen LogP contribution in [0, 0.1) is 0 Å². The van der Waals surface area contributed by atoms with E-state index in [0.29, 0.717) is 23.9 Å². The molecule has 3 rings (SSSR count). The van der Waals surface area contributed by atoms with Gasteiger partial charge in [-0.2, -0.15) is 18.3 Å². The van der Waals surface area contributed by atoms with Crippen LogP contribution in [-0.2, 0) is 0 Å². The van der Waals surface area contributed by atoms with Gasteiger partial charge in [-0.05, 0) is 18.6 Å². The number of hydrogen-bond donors (Lipinski definition) is 2. The molecular formula is C14H15F3N4O. The number of H-pyrrole nitrogens is 1. The summed E-state index contributed by atoms with van der Waals surface area (Å²) < 4.78 is 37.1. The van der Waals surface area contributed by atoms with Crippen LogP contribution in [0.25, 0.3) is 10.9 Å². The number of amides is 1. The highest BCUT2D eigenvalue weighted by molar-refractivity contribution is 6.06. The van der Waals surface area contributed by atoms with Gasteiger partial charge in [0, 0.05) is 24.5 Å². The number of carbonyl (C=O) groups excluding carboxylic acids is 1. The van der Waals surface area contributed by atoms with E-state index in [1.807, 2.05) is 0 Å². The van der Waals surface area contributed by atoms with E-state index in [4.69, 9.17) is 0 Å². The van der Waals surface area contributed by atoms with E-state index < -0.39 is 12.7 Å². The molecule has 8 heteroatoms. The maximum atomic E-state index is 12.4. The summed E-state index contributed by atoms with van der Waals surface area (Å²) in [5.74, 6) is -0.286. The molecule has 2 aromatic rings. The molecule has 1 aliphatic rings. The number of fused-ring (bicyclic) bond motifs is 1. The Hall–Kier alpha value is -2.09. The Kier molecular flexibility index (Phi) is 3.78. The number of likely N-dealkylation sites (tertiary alicyclic amines) is 1. The summed E-state index contributed by atoms with van der Waals surface area (Å²) in [6, 6.07) is 4.95. The summed E-state index contributed by atoms with van der Waals surface area (Å²) in [5.41, 5.74) is 1.22. The molecule has 1 aromatic carbocycles. The topological polar surface area (TPSA) is 61.0 Å². The van der Waals surface area contributed by atoms with Crippen LogP contribution in [0.4, 0.5) is 13.2 Å². The summed E-state index contributed by atoms with van der Waals surface area (Å²) >= 11 is 0. The lowest BCUT2D eigenvalue weighted by Gasteiger charge is -2.18. The first-order valence-electron chi connectivity index (χ1n) is 6.94. The minimum Gasteiger partial charge on any atom is -0.348 e. The summed E-state index contributed by atoms with van der Waals surface area (Å²) in [4.78, 5) is 13.6. The third-order valence-electron chi connectivity index (χ3n) is 3.74. The van der Waals surface area contributed by atoms with Crippen molar-refractivity contribution in [1.29, 1.82) is 0 Å². The van der Waals surface area contributed by atoms with E-state index in [0.717, 1.165) is 5.52 Å². The van der Waals surface area contributed by atoms with Crippen LogP contribution in [0.15, 0.2) is 24.4 Å². The minimum absolute atomic E-state index is 0.215. The smallest absolute Gasteiger partial charge is 0.348 e. The maximum Gasteiger partial charge on any atom is 0.401 e. The molecule has 0 aliphatic carbocycles. The van der Waals surface area contributed by atoms with E-state index in [1.165, 1.54) is 4.90 Å². The monoisotopic (exact) mass is 312 g/mol. The van der Waals surface area contributed by atoms with Crippen molar-refractivity contribution in [2.45, 2.75) is 18.6 Å². The van der Waals surface area contributed by atoms with E-state index in [2.05, 4.69) is 15.5 Å². The number of hydrogen-bond acceptors (Lipinski definition) is 3. The van der Waals surface area contributed by atoms with Gasteiger partial charge in [-0.1, -0.05) is 6.07 Å². The molecule has 1 aromatic heterocycles. The van der Waals surface area contributed by atoms with Crippen LogP contribution in [0.3, 0.4) is 0 Å². The van der Waals surface area contributed by atoms with Crippen molar-refractivity contribution in [2.24, 2.45) is 0 Å². The number of benzene rings is 1. The molecule has 0 spiro atoms. The zero-order valence-electron chi connectivity index (χ0n) is 11.7. The molecule has 0 bridgehead atoms. The fourth-order valence-electron chi connectivity index (χ4n) is 2.78. The Morgan fingerprint density at radius 1 is 1.45 bits per heavy atom. The number of aromatic nitrogens is 2. The van der Waals surface area contributed by atoms with E-state index in [-0.39, 0.29) is 18.5 Å². The largest absolute Gasteiger partial charge is 0.401 e. The van der Waals surface area contributed by atoms with Crippen LogP contribution in [0.2, 0.25) is 0 Å². The molecule has 118 valence electrons. The van der Waals surface area contributed by atoms with Crippen molar-refractivity contribution in [3.63, 3.8) is 0 Å². The number of rotatable bonds is 3. The van der Waals surface area contributed by atoms with Gasteiger partial charge in [-0.25, -0.2) is 0 Å². The summed E-state index contributed by atoms with van der Waals surface area (Å²) in [6.07, 6.45) is -2.13. The lowest BCUT2D eigenvalue weighted by atomic mass is 10.1. The first-order chi connectivity index (χ1) is 10.4. The number of alkyl halides is 3. The van der Waals surface area contributed by atoms with Crippen LogP contribution in [0.5, 0.6) is 0 Å². The summed E-state index contributed by atoms with van der Waals surface area (Å²) in [6.45, 7) is -0.385. The number of carbonyl (C=O) groups is 1. The van der Waals surface area contributed by atoms with Gasteiger partial charge in [-0.3, -0.25) is 14.8 Å². The average molecular weight is 312 g/mol. The first-order valence-corrected chi connectivity index (χ1v) is 6.94. The Bertz CT molecular complexity index is 682. The number of aromatic amines is 1. The Morgan fingerprint density at radius 2 is 2.27 bits per heavy atom. The van der Waals surface area contributed by atoms with Gasteiger partial charge in [0.25, 0.3) is 5.91 Å². The molecule has 2 N–H and O–H groups in total. The first kappa shape index (κ1) is 14.8. The summed E-state index contributed by atoms with van der Waals surface area (Å²) in [7, 11) is 0. The van der Waals surface area contributed by atoms with Crippen molar-refractivity contribution < 1.29 is 18.0 Å². The fraction of sp³-hybridized carbons (Fsp3) is 0.429. The molecule has 0 saturated carbocycles. The zero-order valence-corrected chi connectivity index (χ0v) is 11.7. The molecular weight excluding hydrogens is 297 g/mol. The quantitative estimate of drug-likeness (QED) is 0.910. The summed E-state index contributed by atoms with van der Waals surface area (Å²) in [5, 5.41) is 10.2. The van der Waals surface area contributed by atoms with E-state index >= 15 is 0 Å². The van der Waals surface area contributed by atoms with E-state index in [9.17, 15) is 18.0 Å². The van der Waals surface area contributed by atoms with Gasteiger partial charge < -0.3 is 5.32 Å². The predicted molar refractivity (Wildman–Crippen MR) is 74.5 cm³/mol. The normalized spacial score (nSPS) is 19.7. The maximum absolute atomic E-state index is 12.4. The van der Waals surface area contributed by atoms with Gasteiger partial charge in [-0.15, -0.1) is 0 Å². The fourth-order valence-corrected chi connectivity index (χ4v) is 2.78. The van der Waals surface area contributed by atoms with Crippen LogP contribution < -0.4 is 5.32 Å². The van der Waals surface area contributed by atoms with Crippen LogP contribution >= 0.6 is 0 Å². The lowest BCUT2D eigenvalue weighted by Crippen LogP contribution is -2.39. The molecule has 1 aliphatic heterocycles. The second-order valence-electron chi connectivity index (χ2n) is 5.45. The standard InChI is InChI=1S/C14H15F3N4O/c15-14(16,17)8-21-5-4-9(7-21)19-13(22)10-2-1-3-12-11(10)6-18-20-12/h1-3,6,9H,4-5,7-8H2,(H,18,20)(H,19,22)/t9-/m0/s1.